The second kappa shape index (κ2) is 4.95. The number of nitrogens with one attached hydrogen (secondary N) is 1. The summed E-state index contributed by atoms with van der Waals surface area (Å²) in [6.07, 6.45) is 1.56. The summed E-state index contributed by atoms with van der Waals surface area (Å²) in [5.74, 6) is 0.0923. The van der Waals surface area contributed by atoms with Crippen molar-refractivity contribution in [3.05, 3.63) is 11.8 Å². The Bertz CT molecular complexity index is 431. The van der Waals surface area contributed by atoms with Crippen LogP contribution in [0.4, 0.5) is 5.82 Å². The molecule has 0 radical (unpaired) electrons. The fourth-order valence-electron chi connectivity index (χ4n) is 2.36. The van der Waals surface area contributed by atoms with Gasteiger partial charge in [-0.05, 0) is 20.5 Å². The first kappa shape index (κ1) is 12.8. The molecule has 0 aliphatic carbocycles. The van der Waals surface area contributed by atoms with E-state index < -0.39 is 6.10 Å². The predicted octanol–water partition coefficient (Wildman–Crippen LogP) is -0.871. The normalized spacial score (nSPS) is 23.9. The van der Waals surface area contributed by atoms with Crippen molar-refractivity contribution in [2.45, 2.75) is 18.6 Å². The first-order chi connectivity index (χ1) is 8.49. The van der Waals surface area contributed by atoms with Gasteiger partial charge in [0.25, 0.3) is 5.91 Å². The highest BCUT2D eigenvalue weighted by atomic mass is 16.3. The molecule has 18 heavy (non-hydrogen) atoms. The first-order valence-electron chi connectivity index (χ1n) is 5.91. The highest BCUT2D eigenvalue weighted by Gasteiger charge is 2.35. The van der Waals surface area contributed by atoms with E-state index in [2.05, 4.69) is 10.2 Å². The molecule has 0 spiro atoms. The Morgan fingerprint density at radius 1 is 1.72 bits per heavy atom. The molecule has 7 nitrogen and oxygen atoms in total. The Kier molecular flexibility index (Phi) is 3.53. The van der Waals surface area contributed by atoms with Crippen LogP contribution in [0.5, 0.6) is 0 Å². The molecule has 0 saturated carbocycles. The summed E-state index contributed by atoms with van der Waals surface area (Å²) >= 11 is 0. The molecule has 1 aromatic heterocycles. The second-order valence-electron chi connectivity index (χ2n) is 4.96. The topological polar surface area (TPSA) is 98.5 Å². The fraction of sp³-hybridized carbons (Fsp3) is 0.636. The van der Waals surface area contributed by atoms with E-state index >= 15 is 0 Å². The van der Waals surface area contributed by atoms with Gasteiger partial charge in [0.1, 0.15) is 11.4 Å². The summed E-state index contributed by atoms with van der Waals surface area (Å²) in [6, 6.07) is 0.0109. The summed E-state index contributed by atoms with van der Waals surface area (Å²) in [6.45, 7) is 1.07. The summed E-state index contributed by atoms with van der Waals surface area (Å²) < 4.78 is 0. The SMILES string of the molecule is CN(C)CC1CC(O)CN1C(=O)c1cn[nH]c1N. The molecule has 7 heteroatoms. The van der Waals surface area contributed by atoms with Gasteiger partial charge in [0.05, 0.1) is 12.3 Å². The van der Waals surface area contributed by atoms with E-state index in [0.29, 0.717) is 18.5 Å². The molecule has 1 aliphatic rings. The summed E-state index contributed by atoms with van der Waals surface area (Å²) in [5, 5.41) is 16.0. The number of β-amino-alcohol motifs (C(OH)–C–C–N with tert-alkyl or cyclic N) is 1. The number of hydrogen-bond donors (Lipinski definition) is 3. The van der Waals surface area contributed by atoms with Crippen LogP contribution in [0.25, 0.3) is 0 Å². The number of hydrogen-bond acceptors (Lipinski definition) is 5. The standard InChI is InChI=1S/C11H19N5O2/c1-15(2)5-7-3-8(17)6-16(7)11(18)9-4-13-14-10(9)12/h4,7-8,17H,3,5-6H2,1-2H3,(H3,12,13,14). The maximum Gasteiger partial charge on any atom is 0.259 e. The Labute approximate surface area is 106 Å². The van der Waals surface area contributed by atoms with Crippen LogP contribution in [-0.2, 0) is 0 Å². The molecule has 1 amide bonds. The quantitative estimate of drug-likeness (QED) is 0.650. The van der Waals surface area contributed by atoms with Crippen molar-refractivity contribution in [2.75, 3.05) is 32.9 Å². The number of amides is 1. The zero-order chi connectivity index (χ0) is 13.3. The number of carbonyl (C=O) groups excluding carboxylic acids is 1. The van der Waals surface area contributed by atoms with Gasteiger partial charge in [0.2, 0.25) is 0 Å². The Hall–Kier alpha value is -1.60. The number of nitrogens with zero attached hydrogens (tertiary/aromatic N) is 3. The van der Waals surface area contributed by atoms with Crippen LogP contribution in [0.2, 0.25) is 0 Å². The van der Waals surface area contributed by atoms with Crippen molar-refractivity contribution in [3.8, 4) is 0 Å². The summed E-state index contributed by atoms with van der Waals surface area (Å²) in [4.78, 5) is 16.0. The van der Waals surface area contributed by atoms with E-state index in [0.717, 1.165) is 6.54 Å². The predicted molar refractivity (Wildman–Crippen MR) is 67.0 cm³/mol. The highest BCUT2D eigenvalue weighted by Crippen LogP contribution is 2.22. The van der Waals surface area contributed by atoms with Crippen LogP contribution in [-0.4, -0.2) is 70.3 Å². The molecule has 1 fully saturated rings. The van der Waals surface area contributed by atoms with Crippen molar-refractivity contribution < 1.29 is 9.90 Å². The minimum absolute atomic E-state index is 0.0109. The van der Waals surface area contributed by atoms with Gasteiger partial charge in [-0.3, -0.25) is 9.89 Å². The van der Waals surface area contributed by atoms with Gasteiger partial charge in [0.15, 0.2) is 0 Å². The molecule has 0 aromatic carbocycles. The second-order valence-corrected chi connectivity index (χ2v) is 4.96. The third-order valence-electron chi connectivity index (χ3n) is 3.13. The maximum atomic E-state index is 12.3. The maximum absolute atomic E-state index is 12.3. The molecule has 0 bridgehead atoms. The summed E-state index contributed by atoms with van der Waals surface area (Å²) in [7, 11) is 3.89. The van der Waals surface area contributed by atoms with Gasteiger partial charge in [-0.2, -0.15) is 5.10 Å². The molecule has 100 valence electrons. The molecule has 1 saturated heterocycles. The van der Waals surface area contributed by atoms with Crippen LogP contribution in [0.1, 0.15) is 16.8 Å². The zero-order valence-electron chi connectivity index (χ0n) is 10.6. The third-order valence-corrected chi connectivity index (χ3v) is 3.13. The van der Waals surface area contributed by atoms with E-state index in [9.17, 15) is 9.90 Å². The summed E-state index contributed by atoms with van der Waals surface area (Å²) in [5.41, 5.74) is 6.02. The number of anilines is 1. The lowest BCUT2D eigenvalue weighted by Gasteiger charge is -2.26. The van der Waals surface area contributed by atoms with Crippen LogP contribution >= 0.6 is 0 Å². The molecular weight excluding hydrogens is 234 g/mol. The van der Waals surface area contributed by atoms with E-state index in [1.165, 1.54) is 6.20 Å². The number of nitrogens with two attached hydrogens (primary N) is 1. The molecule has 2 unspecified atom stereocenters. The van der Waals surface area contributed by atoms with Crippen LogP contribution in [0.3, 0.4) is 0 Å². The minimum Gasteiger partial charge on any atom is -0.391 e. The van der Waals surface area contributed by atoms with E-state index in [1.807, 2.05) is 19.0 Å². The van der Waals surface area contributed by atoms with Crippen molar-refractivity contribution in [2.24, 2.45) is 0 Å². The average Bonchev–Trinajstić information content (AvgIpc) is 2.83. The molecule has 2 atom stereocenters. The number of aliphatic hydroxyl groups excluding tert-OH is 1. The molecule has 1 aliphatic heterocycles. The fourth-order valence-corrected chi connectivity index (χ4v) is 2.36. The van der Waals surface area contributed by atoms with Crippen LogP contribution < -0.4 is 5.73 Å². The number of aromatic amines is 1. The Morgan fingerprint density at radius 3 is 3.00 bits per heavy atom. The number of likely N-dealkylation sites (tertiary alicyclic amines) is 1. The Morgan fingerprint density at radius 2 is 2.44 bits per heavy atom. The van der Waals surface area contributed by atoms with Crippen molar-refractivity contribution in [1.82, 2.24) is 20.0 Å². The van der Waals surface area contributed by atoms with Gasteiger partial charge in [-0.1, -0.05) is 0 Å². The molecule has 2 heterocycles. The number of likely N-dealkylation sites (N-methyl/N-ethyl adjacent to an activating group) is 1. The highest BCUT2D eigenvalue weighted by molar-refractivity contribution is 5.98. The number of aliphatic hydroxyl groups is 1. The van der Waals surface area contributed by atoms with Crippen molar-refractivity contribution >= 4 is 11.7 Å². The molecule has 1 aromatic rings. The number of rotatable bonds is 3. The van der Waals surface area contributed by atoms with E-state index in [1.54, 1.807) is 4.90 Å². The molecule has 4 N–H and O–H groups in total. The smallest absolute Gasteiger partial charge is 0.259 e. The Balaban J connectivity index is 2.15. The minimum atomic E-state index is -0.466. The average molecular weight is 253 g/mol. The van der Waals surface area contributed by atoms with Gasteiger partial charge in [-0.25, -0.2) is 0 Å². The number of aromatic nitrogens is 2. The number of nitrogen functional groups attached to an aromatic ring is 1. The first-order valence-corrected chi connectivity index (χ1v) is 5.91. The third kappa shape index (κ3) is 2.46. The van der Waals surface area contributed by atoms with Gasteiger partial charge >= 0.3 is 0 Å². The molecule has 2 rings (SSSR count). The van der Waals surface area contributed by atoms with Crippen molar-refractivity contribution in [3.63, 3.8) is 0 Å². The number of H-pyrrole nitrogens is 1. The largest absolute Gasteiger partial charge is 0.391 e. The van der Waals surface area contributed by atoms with Crippen LogP contribution in [0.15, 0.2) is 6.20 Å². The lowest BCUT2D eigenvalue weighted by molar-refractivity contribution is 0.0700. The van der Waals surface area contributed by atoms with Crippen molar-refractivity contribution in [1.29, 1.82) is 0 Å². The van der Waals surface area contributed by atoms with Gasteiger partial charge in [0, 0.05) is 19.1 Å². The zero-order valence-corrected chi connectivity index (χ0v) is 10.6. The monoisotopic (exact) mass is 253 g/mol. The van der Waals surface area contributed by atoms with Gasteiger partial charge in [-0.15, -0.1) is 0 Å². The van der Waals surface area contributed by atoms with Gasteiger partial charge < -0.3 is 20.6 Å². The lowest BCUT2D eigenvalue weighted by Crippen LogP contribution is -2.41. The number of carbonyl (C=O) groups is 1. The van der Waals surface area contributed by atoms with E-state index in [-0.39, 0.29) is 17.8 Å². The van der Waals surface area contributed by atoms with Crippen LogP contribution in [0, 0.1) is 0 Å². The lowest BCUT2D eigenvalue weighted by atomic mass is 10.2. The molecular formula is C11H19N5O2. The van der Waals surface area contributed by atoms with E-state index in [4.69, 9.17) is 5.73 Å².